The molecule has 1 fully saturated rings. The number of piperazine rings is 1. The molecule has 1 aromatic carbocycles. The van der Waals surface area contributed by atoms with Crippen molar-refractivity contribution in [1.29, 1.82) is 0 Å². The Kier molecular flexibility index (Phi) is 8.12. The normalized spacial score (nSPS) is 14.4. The predicted molar refractivity (Wildman–Crippen MR) is 145 cm³/mol. The van der Waals surface area contributed by atoms with Crippen molar-refractivity contribution in [3.8, 4) is 11.8 Å². The molecule has 0 bridgehead atoms. The number of fused-ring (bicyclic) bond motifs is 2. The minimum Gasteiger partial charge on any atom is -0.478 e. The van der Waals surface area contributed by atoms with Crippen LogP contribution in [0.15, 0.2) is 59.4 Å². The van der Waals surface area contributed by atoms with Crippen LogP contribution in [-0.4, -0.2) is 79.5 Å². The predicted octanol–water partition coefficient (Wildman–Crippen LogP) is 3.48. The van der Waals surface area contributed by atoms with E-state index in [9.17, 15) is 4.79 Å². The molecule has 4 heterocycles. The van der Waals surface area contributed by atoms with Gasteiger partial charge >= 0.3 is 0 Å². The Morgan fingerprint density at radius 3 is 2.41 bits per heavy atom. The zero-order valence-corrected chi connectivity index (χ0v) is 21.2. The number of rotatable bonds is 11. The molecular weight excluding hydrogens is 470 g/mol. The van der Waals surface area contributed by atoms with Crippen molar-refractivity contribution in [2.24, 2.45) is 0 Å². The van der Waals surface area contributed by atoms with Crippen molar-refractivity contribution in [2.45, 2.75) is 12.8 Å². The first-order chi connectivity index (χ1) is 18.2. The summed E-state index contributed by atoms with van der Waals surface area (Å²) in [6.07, 6.45) is 2.01. The molecule has 0 spiro atoms. The van der Waals surface area contributed by atoms with Crippen LogP contribution in [0.25, 0.3) is 21.9 Å². The molecule has 1 aliphatic heterocycles. The molecule has 1 saturated heterocycles. The molecule has 0 saturated carbocycles. The fourth-order valence-electron chi connectivity index (χ4n) is 4.60. The van der Waals surface area contributed by atoms with Crippen LogP contribution >= 0.6 is 0 Å². The van der Waals surface area contributed by atoms with Gasteiger partial charge in [0.15, 0.2) is 0 Å². The van der Waals surface area contributed by atoms with E-state index in [1.165, 1.54) is 6.07 Å². The highest BCUT2D eigenvalue weighted by Gasteiger charge is 2.19. The van der Waals surface area contributed by atoms with Crippen molar-refractivity contribution < 1.29 is 14.2 Å². The summed E-state index contributed by atoms with van der Waals surface area (Å²) >= 11 is 0. The van der Waals surface area contributed by atoms with E-state index >= 15 is 0 Å². The smallest absolute Gasteiger partial charge is 0.249 e. The Morgan fingerprint density at radius 1 is 0.811 bits per heavy atom. The lowest BCUT2D eigenvalue weighted by Gasteiger charge is -2.36. The van der Waals surface area contributed by atoms with Gasteiger partial charge in [0.2, 0.25) is 17.3 Å². The van der Waals surface area contributed by atoms with Gasteiger partial charge in [0.05, 0.1) is 24.4 Å². The van der Waals surface area contributed by atoms with Gasteiger partial charge in [-0.3, -0.25) is 9.69 Å². The Hall–Kier alpha value is -3.69. The van der Waals surface area contributed by atoms with Crippen LogP contribution < -0.4 is 19.9 Å². The minimum absolute atomic E-state index is 0.161. The summed E-state index contributed by atoms with van der Waals surface area (Å²) in [5.74, 6) is 1.17. The van der Waals surface area contributed by atoms with Gasteiger partial charge in [0, 0.05) is 62.3 Å². The highest BCUT2D eigenvalue weighted by molar-refractivity contribution is 5.91. The summed E-state index contributed by atoms with van der Waals surface area (Å²) in [7, 11) is 1.66. The lowest BCUT2D eigenvalue weighted by Crippen LogP contribution is -2.46. The Bertz CT molecular complexity index is 1380. The molecule has 194 valence electrons. The summed E-state index contributed by atoms with van der Waals surface area (Å²) in [6, 6.07) is 17.3. The maximum atomic E-state index is 11.5. The van der Waals surface area contributed by atoms with Crippen LogP contribution in [0.1, 0.15) is 12.8 Å². The third-order valence-corrected chi connectivity index (χ3v) is 6.60. The highest BCUT2D eigenvalue weighted by Crippen LogP contribution is 2.28. The molecule has 0 atom stereocenters. The molecule has 5 rings (SSSR count). The van der Waals surface area contributed by atoms with Gasteiger partial charge in [-0.05, 0) is 43.7 Å². The topological polar surface area (TPSA) is 92.8 Å². The van der Waals surface area contributed by atoms with Crippen LogP contribution in [0, 0.1) is 0 Å². The van der Waals surface area contributed by atoms with Crippen LogP contribution in [0.2, 0.25) is 0 Å². The van der Waals surface area contributed by atoms with Gasteiger partial charge in [-0.2, -0.15) is 4.98 Å². The van der Waals surface area contributed by atoms with E-state index in [1.807, 2.05) is 18.2 Å². The number of para-hydroxylation sites is 1. The third kappa shape index (κ3) is 6.36. The molecular formula is C28H33N5O4. The van der Waals surface area contributed by atoms with Gasteiger partial charge in [-0.1, -0.05) is 12.1 Å². The molecule has 9 nitrogen and oxygen atoms in total. The SMILES string of the molecule is COCCOc1ccc2cccc(N3CCN(CCCCOc4ccc5ccc(=O)[nH]c5n4)CC3)c2n1. The molecule has 4 aromatic rings. The fraction of sp³-hybridized carbons (Fsp3) is 0.393. The van der Waals surface area contributed by atoms with Crippen molar-refractivity contribution in [3.63, 3.8) is 0 Å². The number of hydrogen-bond donors (Lipinski definition) is 1. The number of nitrogens with one attached hydrogen (secondary N) is 1. The average Bonchev–Trinajstić information content (AvgIpc) is 2.93. The fourth-order valence-corrected chi connectivity index (χ4v) is 4.60. The first-order valence-corrected chi connectivity index (χ1v) is 12.8. The van der Waals surface area contributed by atoms with Crippen LogP contribution in [0.3, 0.4) is 0 Å². The summed E-state index contributed by atoms with van der Waals surface area (Å²) in [4.78, 5) is 28.4. The summed E-state index contributed by atoms with van der Waals surface area (Å²) in [5, 5.41) is 2.01. The number of aromatic amines is 1. The van der Waals surface area contributed by atoms with Crippen molar-refractivity contribution in [2.75, 3.05) is 64.6 Å². The summed E-state index contributed by atoms with van der Waals surface area (Å²) < 4.78 is 16.6. The van der Waals surface area contributed by atoms with Crippen molar-refractivity contribution in [1.82, 2.24) is 19.9 Å². The van der Waals surface area contributed by atoms with Crippen LogP contribution in [0.4, 0.5) is 5.69 Å². The number of unbranched alkanes of at least 4 members (excludes halogenated alkanes) is 1. The molecule has 0 aliphatic carbocycles. The first-order valence-electron chi connectivity index (χ1n) is 12.8. The maximum Gasteiger partial charge on any atom is 0.249 e. The summed E-state index contributed by atoms with van der Waals surface area (Å²) in [5.41, 5.74) is 2.53. The van der Waals surface area contributed by atoms with Crippen LogP contribution in [-0.2, 0) is 4.74 Å². The lowest BCUT2D eigenvalue weighted by molar-refractivity contribution is 0.144. The Morgan fingerprint density at radius 2 is 1.57 bits per heavy atom. The van der Waals surface area contributed by atoms with Gasteiger partial charge < -0.3 is 24.1 Å². The number of pyridine rings is 3. The number of methoxy groups -OCH3 is 1. The van der Waals surface area contributed by atoms with E-state index in [-0.39, 0.29) is 5.56 Å². The second-order valence-electron chi connectivity index (χ2n) is 9.13. The van der Waals surface area contributed by atoms with E-state index in [0.717, 1.165) is 67.5 Å². The number of benzene rings is 1. The number of nitrogens with zero attached hydrogens (tertiary/aromatic N) is 4. The maximum absolute atomic E-state index is 11.5. The van der Waals surface area contributed by atoms with Crippen molar-refractivity contribution >= 4 is 27.6 Å². The second kappa shape index (κ2) is 12.0. The molecule has 0 amide bonds. The van der Waals surface area contributed by atoms with E-state index in [4.69, 9.17) is 19.2 Å². The summed E-state index contributed by atoms with van der Waals surface area (Å²) in [6.45, 7) is 6.63. The first kappa shape index (κ1) is 25.0. The third-order valence-electron chi connectivity index (χ3n) is 6.60. The standard InChI is InChI=1S/C28H33N5O4/c1-35-19-20-37-25-11-8-21-5-4-6-23(27(21)30-25)33-16-14-32(15-17-33)13-2-3-18-36-26-12-9-22-7-10-24(34)29-28(22)31-26/h4-12H,2-3,13-20H2,1H3,(H,29,31,34). The number of anilines is 1. The number of ether oxygens (including phenoxy) is 3. The van der Waals surface area contributed by atoms with E-state index in [0.29, 0.717) is 37.2 Å². The van der Waals surface area contributed by atoms with Gasteiger partial charge in [-0.15, -0.1) is 0 Å². The van der Waals surface area contributed by atoms with Crippen molar-refractivity contribution in [3.05, 3.63) is 65.0 Å². The molecule has 9 heteroatoms. The van der Waals surface area contributed by atoms with E-state index in [1.54, 1.807) is 13.2 Å². The zero-order valence-electron chi connectivity index (χ0n) is 21.2. The number of hydrogen-bond acceptors (Lipinski definition) is 8. The molecule has 1 N–H and O–H groups in total. The zero-order chi connectivity index (χ0) is 25.5. The highest BCUT2D eigenvalue weighted by atomic mass is 16.5. The molecule has 0 radical (unpaired) electrons. The average molecular weight is 504 g/mol. The second-order valence-corrected chi connectivity index (χ2v) is 9.13. The van der Waals surface area contributed by atoms with Gasteiger partial charge in [0.1, 0.15) is 12.3 Å². The Labute approximate surface area is 216 Å². The van der Waals surface area contributed by atoms with Gasteiger partial charge in [0.25, 0.3) is 0 Å². The molecule has 0 unspecified atom stereocenters. The monoisotopic (exact) mass is 503 g/mol. The number of H-pyrrole nitrogens is 1. The molecule has 1 aliphatic rings. The van der Waals surface area contributed by atoms with Gasteiger partial charge in [-0.25, -0.2) is 4.98 Å². The Balaban J connectivity index is 1.08. The minimum atomic E-state index is -0.161. The van der Waals surface area contributed by atoms with Crippen LogP contribution in [0.5, 0.6) is 11.8 Å². The molecule has 3 aromatic heterocycles. The lowest BCUT2D eigenvalue weighted by atomic mass is 10.1. The molecule has 37 heavy (non-hydrogen) atoms. The quantitative estimate of drug-likeness (QED) is 0.311. The largest absolute Gasteiger partial charge is 0.478 e. The van der Waals surface area contributed by atoms with E-state index < -0.39 is 0 Å². The number of aromatic nitrogens is 3. The van der Waals surface area contributed by atoms with E-state index in [2.05, 4.69) is 44.0 Å².